The molecule has 92 valence electrons. The molecule has 0 aliphatic heterocycles. The average Bonchev–Trinajstić information content (AvgIpc) is 2.47. The van der Waals surface area contributed by atoms with E-state index in [4.69, 9.17) is 5.53 Å². The van der Waals surface area contributed by atoms with Crippen LogP contribution in [0.25, 0.3) is 32.1 Å². The Morgan fingerprint density at radius 3 is 2.63 bits per heavy atom. The van der Waals surface area contributed by atoms with Gasteiger partial charge in [-0.1, -0.05) is 54.5 Å². The number of nitrogens with zero attached hydrogens (tertiary/aromatic N) is 4. The first-order valence-corrected chi connectivity index (χ1v) is 6.12. The van der Waals surface area contributed by atoms with Crippen LogP contribution in [0.4, 0.5) is 0 Å². The van der Waals surface area contributed by atoms with Crippen molar-refractivity contribution in [3.8, 4) is 0 Å². The normalized spacial score (nSPS) is 12.3. The highest BCUT2D eigenvalue weighted by molar-refractivity contribution is 6.05. The lowest BCUT2D eigenvalue weighted by Gasteiger charge is -2.08. The summed E-state index contributed by atoms with van der Waals surface area (Å²) in [5.41, 5.74) is 10.3. The molecule has 2 aromatic carbocycles. The minimum absolute atomic E-state index is 0.256. The molecule has 1 aromatic heterocycles. The van der Waals surface area contributed by atoms with E-state index in [9.17, 15) is 0 Å². The van der Waals surface area contributed by atoms with Crippen molar-refractivity contribution in [1.82, 2.24) is 4.98 Å². The van der Waals surface area contributed by atoms with Gasteiger partial charge in [-0.15, -0.1) is 0 Å². The molecule has 0 aliphatic carbocycles. The molecule has 0 unspecified atom stereocenters. The van der Waals surface area contributed by atoms with E-state index in [2.05, 4.69) is 39.3 Å². The minimum atomic E-state index is -0.256. The van der Waals surface area contributed by atoms with Crippen LogP contribution in [0.2, 0.25) is 0 Å². The van der Waals surface area contributed by atoms with Crippen LogP contribution in [-0.2, 0) is 0 Å². The Kier molecular flexibility index (Phi) is 2.78. The predicted molar refractivity (Wildman–Crippen MR) is 76.8 cm³/mol. The van der Waals surface area contributed by atoms with E-state index in [0.29, 0.717) is 0 Å². The zero-order valence-electron chi connectivity index (χ0n) is 10.5. The first-order chi connectivity index (χ1) is 9.29. The van der Waals surface area contributed by atoms with E-state index in [1.165, 1.54) is 0 Å². The Morgan fingerprint density at radius 1 is 1.05 bits per heavy atom. The molecule has 0 amide bonds. The van der Waals surface area contributed by atoms with Crippen molar-refractivity contribution in [2.24, 2.45) is 5.11 Å². The standard InChI is InChI=1S/C15H12N4/c1-10(18-19-16)14-9-8-12-7-6-11-4-2-3-5-13(11)15(12)17-14/h2-10H,1H3/t10-/m0/s1. The largest absolute Gasteiger partial charge is 0.252 e. The molecule has 1 heterocycles. The number of hydrogen-bond acceptors (Lipinski definition) is 2. The maximum atomic E-state index is 8.51. The zero-order chi connectivity index (χ0) is 13.2. The molecule has 0 aliphatic rings. The van der Waals surface area contributed by atoms with Crippen LogP contribution in [0.3, 0.4) is 0 Å². The molecule has 4 heteroatoms. The Balaban J connectivity index is 2.31. The van der Waals surface area contributed by atoms with Crippen LogP contribution in [0.5, 0.6) is 0 Å². The number of rotatable bonds is 2. The van der Waals surface area contributed by atoms with Crippen molar-refractivity contribution in [3.63, 3.8) is 0 Å². The lowest BCUT2D eigenvalue weighted by molar-refractivity contribution is 0.778. The summed E-state index contributed by atoms with van der Waals surface area (Å²) >= 11 is 0. The van der Waals surface area contributed by atoms with Gasteiger partial charge in [0.1, 0.15) is 0 Å². The van der Waals surface area contributed by atoms with Crippen molar-refractivity contribution in [2.45, 2.75) is 13.0 Å². The zero-order valence-corrected chi connectivity index (χ0v) is 10.5. The summed E-state index contributed by atoms with van der Waals surface area (Å²) < 4.78 is 0. The van der Waals surface area contributed by atoms with Gasteiger partial charge in [-0.05, 0) is 17.0 Å². The van der Waals surface area contributed by atoms with Crippen molar-refractivity contribution in [2.75, 3.05) is 0 Å². The fraction of sp³-hybridized carbons (Fsp3) is 0.133. The fourth-order valence-electron chi connectivity index (χ4n) is 2.24. The van der Waals surface area contributed by atoms with E-state index in [1.807, 2.05) is 31.2 Å². The molecule has 0 spiro atoms. The SMILES string of the molecule is C[C@H](N=[N+]=[N-])c1ccc2ccc3ccccc3c2n1. The molecule has 0 radical (unpaired) electrons. The van der Waals surface area contributed by atoms with Crippen LogP contribution in [-0.4, -0.2) is 4.98 Å². The Morgan fingerprint density at radius 2 is 1.79 bits per heavy atom. The number of aromatic nitrogens is 1. The van der Waals surface area contributed by atoms with Gasteiger partial charge in [0.15, 0.2) is 0 Å². The molecule has 0 fully saturated rings. The van der Waals surface area contributed by atoms with Crippen LogP contribution < -0.4 is 0 Å². The second-order valence-corrected chi connectivity index (χ2v) is 4.48. The lowest BCUT2D eigenvalue weighted by Crippen LogP contribution is -1.94. The van der Waals surface area contributed by atoms with Gasteiger partial charge in [0.25, 0.3) is 0 Å². The summed E-state index contributed by atoms with van der Waals surface area (Å²) in [6.45, 7) is 1.85. The average molecular weight is 248 g/mol. The highest BCUT2D eigenvalue weighted by atomic mass is 15.1. The van der Waals surface area contributed by atoms with Crippen LogP contribution in [0.1, 0.15) is 18.7 Å². The summed E-state index contributed by atoms with van der Waals surface area (Å²) in [6, 6.07) is 16.0. The number of azide groups is 1. The second-order valence-electron chi connectivity index (χ2n) is 4.48. The maximum absolute atomic E-state index is 8.51. The molecule has 0 saturated carbocycles. The van der Waals surface area contributed by atoms with E-state index in [0.717, 1.165) is 27.4 Å². The molecule has 0 bridgehead atoms. The first-order valence-electron chi connectivity index (χ1n) is 6.12. The van der Waals surface area contributed by atoms with Crippen molar-refractivity contribution < 1.29 is 0 Å². The lowest BCUT2D eigenvalue weighted by atomic mass is 10.1. The topological polar surface area (TPSA) is 61.7 Å². The van der Waals surface area contributed by atoms with Crippen LogP contribution >= 0.6 is 0 Å². The summed E-state index contributed by atoms with van der Waals surface area (Å²) in [4.78, 5) is 7.50. The molecule has 1 atom stereocenters. The third-order valence-corrected chi connectivity index (χ3v) is 3.26. The van der Waals surface area contributed by atoms with Crippen LogP contribution in [0, 0.1) is 0 Å². The molecule has 3 rings (SSSR count). The van der Waals surface area contributed by atoms with Crippen molar-refractivity contribution in [3.05, 3.63) is 64.7 Å². The van der Waals surface area contributed by atoms with Gasteiger partial charge >= 0.3 is 0 Å². The molecular weight excluding hydrogens is 236 g/mol. The van der Waals surface area contributed by atoms with E-state index >= 15 is 0 Å². The summed E-state index contributed by atoms with van der Waals surface area (Å²) in [6.07, 6.45) is 0. The fourth-order valence-corrected chi connectivity index (χ4v) is 2.24. The van der Waals surface area contributed by atoms with Gasteiger partial charge in [0.2, 0.25) is 0 Å². The third-order valence-electron chi connectivity index (χ3n) is 3.26. The van der Waals surface area contributed by atoms with Gasteiger partial charge in [0, 0.05) is 21.4 Å². The quantitative estimate of drug-likeness (QED) is 0.279. The van der Waals surface area contributed by atoms with Crippen molar-refractivity contribution >= 4 is 21.7 Å². The number of hydrogen-bond donors (Lipinski definition) is 0. The molecule has 19 heavy (non-hydrogen) atoms. The van der Waals surface area contributed by atoms with Gasteiger partial charge in [-0.25, -0.2) is 0 Å². The highest BCUT2D eigenvalue weighted by Gasteiger charge is 2.07. The molecule has 0 N–H and O–H groups in total. The Hall–Kier alpha value is -2.58. The Bertz CT molecular complexity index is 803. The highest BCUT2D eigenvalue weighted by Crippen LogP contribution is 2.26. The number of benzene rings is 2. The monoisotopic (exact) mass is 248 g/mol. The summed E-state index contributed by atoms with van der Waals surface area (Å²) in [5.74, 6) is 0. The van der Waals surface area contributed by atoms with Gasteiger partial charge < -0.3 is 0 Å². The predicted octanol–water partition coefficient (Wildman–Crippen LogP) is 4.76. The molecule has 3 aromatic rings. The summed E-state index contributed by atoms with van der Waals surface area (Å²) in [5, 5.41) is 7.08. The van der Waals surface area contributed by atoms with E-state index in [-0.39, 0.29) is 6.04 Å². The number of pyridine rings is 1. The van der Waals surface area contributed by atoms with Gasteiger partial charge in [0.05, 0.1) is 11.6 Å². The third kappa shape index (κ3) is 1.98. The van der Waals surface area contributed by atoms with Gasteiger partial charge in [-0.2, -0.15) is 0 Å². The molecule has 4 nitrogen and oxygen atoms in total. The van der Waals surface area contributed by atoms with Crippen LogP contribution in [0.15, 0.2) is 53.6 Å². The second kappa shape index (κ2) is 4.59. The molecular formula is C15H12N4. The van der Waals surface area contributed by atoms with E-state index in [1.54, 1.807) is 0 Å². The molecule has 0 saturated heterocycles. The maximum Gasteiger partial charge on any atom is 0.0783 e. The smallest absolute Gasteiger partial charge is 0.0783 e. The minimum Gasteiger partial charge on any atom is -0.252 e. The Labute approximate surface area is 110 Å². The first kappa shape index (κ1) is 11.5. The van der Waals surface area contributed by atoms with Crippen molar-refractivity contribution in [1.29, 1.82) is 0 Å². The van der Waals surface area contributed by atoms with E-state index < -0.39 is 0 Å². The summed E-state index contributed by atoms with van der Waals surface area (Å²) in [7, 11) is 0. The number of fused-ring (bicyclic) bond motifs is 3. The van der Waals surface area contributed by atoms with Gasteiger partial charge in [-0.3, -0.25) is 4.98 Å².